The number of nitrogens with zero attached hydrogens (tertiary/aromatic N) is 1. The molecule has 0 atom stereocenters. The van der Waals surface area contributed by atoms with Gasteiger partial charge in [0.1, 0.15) is 0 Å². The second-order valence-electron chi connectivity index (χ2n) is 4.17. The molecular weight excluding hydrogens is 274 g/mol. The third-order valence-electron chi connectivity index (χ3n) is 2.94. The van der Waals surface area contributed by atoms with Crippen molar-refractivity contribution >= 4 is 33.2 Å². The minimum Gasteiger partial charge on any atom is -0.314 e. The summed E-state index contributed by atoms with van der Waals surface area (Å²) in [6, 6.07) is 14.2. The first-order valence-corrected chi connectivity index (χ1v) is 7.95. The summed E-state index contributed by atoms with van der Waals surface area (Å²) in [5.74, 6) is 0.902. The van der Waals surface area contributed by atoms with Crippen LogP contribution in [0.4, 0.5) is 0 Å². The van der Waals surface area contributed by atoms with Crippen LogP contribution in [0.25, 0.3) is 10.1 Å². The third kappa shape index (κ3) is 2.74. The zero-order valence-corrected chi connectivity index (χ0v) is 11.9. The summed E-state index contributed by atoms with van der Waals surface area (Å²) in [6.07, 6.45) is 1.90. The number of thioether (sulfide) groups is 1. The number of fused-ring (bicyclic) bond motifs is 1. The van der Waals surface area contributed by atoms with Gasteiger partial charge in [0.15, 0.2) is 0 Å². The van der Waals surface area contributed by atoms with E-state index in [2.05, 4.69) is 12.1 Å². The molecule has 0 fully saturated rings. The van der Waals surface area contributed by atoms with Crippen LogP contribution in [0.2, 0.25) is 0 Å². The molecule has 0 bridgehead atoms. The maximum atomic E-state index is 12.2. The van der Waals surface area contributed by atoms with Crippen molar-refractivity contribution in [1.29, 1.82) is 0 Å². The topological polar surface area (TPSA) is 22.0 Å². The predicted molar refractivity (Wildman–Crippen MR) is 83.3 cm³/mol. The van der Waals surface area contributed by atoms with E-state index in [1.54, 1.807) is 27.7 Å². The number of aryl methyl sites for hydroxylation is 1. The minimum absolute atomic E-state index is 0.118. The summed E-state index contributed by atoms with van der Waals surface area (Å²) >= 11 is 3.39. The van der Waals surface area contributed by atoms with Crippen LogP contribution in [-0.4, -0.2) is 10.3 Å². The van der Waals surface area contributed by atoms with E-state index >= 15 is 0 Å². The Morgan fingerprint density at radius 3 is 2.79 bits per heavy atom. The number of pyridine rings is 1. The van der Waals surface area contributed by atoms with Crippen LogP contribution in [-0.2, 0) is 6.54 Å². The summed E-state index contributed by atoms with van der Waals surface area (Å²) in [7, 11) is 0. The van der Waals surface area contributed by atoms with Crippen LogP contribution in [0.1, 0.15) is 0 Å². The van der Waals surface area contributed by atoms with E-state index in [0.717, 1.165) is 22.4 Å². The Hall–Kier alpha value is -1.52. The SMILES string of the molecule is O=c1c2ccsc2ccn1CCSc1ccccc1. The molecule has 0 saturated heterocycles. The summed E-state index contributed by atoms with van der Waals surface area (Å²) in [5, 5.41) is 2.80. The fraction of sp³-hybridized carbons (Fsp3) is 0.133. The van der Waals surface area contributed by atoms with Gasteiger partial charge in [-0.3, -0.25) is 4.79 Å². The fourth-order valence-corrected chi connectivity index (χ4v) is 3.61. The first-order chi connectivity index (χ1) is 9.34. The zero-order valence-electron chi connectivity index (χ0n) is 10.3. The van der Waals surface area contributed by atoms with Gasteiger partial charge in [0.25, 0.3) is 5.56 Å². The highest BCUT2D eigenvalue weighted by Crippen LogP contribution is 2.18. The molecule has 2 nitrogen and oxygen atoms in total. The van der Waals surface area contributed by atoms with E-state index in [9.17, 15) is 4.79 Å². The highest BCUT2D eigenvalue weighted by Gasteiger charge is 2.03. The van der Waals surface area contributed by atoms with Crippen LogP contribution in [0.3, 0.4) is 0 Å². The summed E-state index contributed by atoms with van der Waals surface area (Å²) in [4.78, 5) is 13.4. The van der Waals surface area contributed by atoms with E-state index in [1.165, 1.54) is 4.90 Å². The summed E-state index contributed by atoms with van der Waals surface area (Å²) in [5.41, 5.74) is 0.118. The van der Waals surface area contributed by atoms with Crippen molar-refractivity contribution in [3.8, 4) is 0 Å². The Kier molecular flexibility index (Phi) is 3.71. The van der Waals surface area contributed by atoms with E-state index in [-0.39, 0.29) is 5.56 Å². The van der Waals surface area contributed by atoms with Gasteiger partial charge in [-0.05, 0) is 29.6 Å². The molecule has 0 saturated carbocycles. The molecule has 0 amide bonds. The molecule has 2 aromatic heterocycles. The largest absolute Gasteiger partial charge is 0.314 e. The molecular formula is C15H13NOS2. The van der Waals surface area contributed by atoms with Crippen LogP contribution < -0.4 is 5.56 Å². The molecule has 96 valence electrons. The lowest BCUT2D eigenvalue weighted by atomic mass is 10.3. The lowest BCUT2D eigenvalue weighted by Gasteiger charge is -2.05. The average molecular weight is 287 g/mol. The Labute approximate surface area is 119 Å². The van der Waals surface area contributed by atoms with Gasteiger partial charge in [0.2, 0.25) is 0 Å². The number of hydrogen-bond donors (Lipinski definition) is 0. The standard InChI is InChI=1S/C15H13NOS2/c17-15-13-7-10-19-14(13)6-8-16(15)9-11-18-12-4-2-1-3-5-12/h1-8,10H,9,11H2. The molecule has 3 rings (SSSR count). The smallest absolute Gasteiger partial charge is 0.259 e. The van der Waals surface area contributed by atoms with Gasteiger partial charge in [-0.1, -0.05) is 18.2 Å². The Balaban J connectivity index is 1.72. The van der Waals surface area contributed by atoms with Gasteiger partial charge in [-0.2, -0.15) is 0 Å². The minimum atomic E-state index is 0.118. The molecule has 0 aliphatic carbocycles. The normalized spacial score (nSPS) is 10.9. The van der Waals surface area contributed by atoms with E-state index in [4.69, 9.17) is 0 Å². The second kappa shape index (κ2) is 5.63. The Bertz CT molecular complexity index is 730. The van der Waals surface area contributed by atoms with E-state index < -0.39 is 0 Å². The number of rotatable bonds is 4. The quantitative estimate of drug-likeness (QED) is 0.680. The molecule has 0 unspecified atom stereocenters. The van der Waals surface area contributed by atoms with Crippen molar-refractivity contribution in [3.05, 3.63) is 64.4 Å². The van der Waals surface area contributed by atoms with Gasteiger partial charge >= 0.3 is 0 Å². The molecule has 0 aliphatic rings. The molecule has 0 aliphatic heterocycles. The Morgan fingerprint density at radius 1 is 1.11 bits per heavy atom. The molecule has 4 heteroatoms. The predicted octanol–water partition coefficient (Wildman–Crippen LogP) is 3.86. The first kappa shape index (κ1) is 12.5. The van der Waals surface area contributed by atoms with Gasteiger partial charge in [-0.15, -0.1) is 23.1 Å². The molecule has 2 heterocycles. The van der Waals surface area contributed by atoms with Gasteiger partial charge in [0, 0.05) is 28.1 Å². The van der Waals surface area contributed by atoms with Crippen molar-refractivity contribution in [3.63, 3.8) is 0 Å². The van der Waals surface area contributed by atoms with Crippen LogP contribution in [0.5, 0.6) is 0 Å². The molecule has 0 N–H and O–H groups in total. The molecule has 0 spiro atoms. The van der Waals surface area contributed by atoms with Gasteiger partial charge in [0.05, 0.1) is 5.39 Å². The van der Waals surface area contributed by atoms with E-state index in [0.29, 0.717) is 0 Å². The molecule has 0 radical (unpaired) electrons. The summed E-state index contributed by atoms with van der Waals surface area (Å²) < 4.78 is 2.86. The molecule has 1 aromatic carbocycles. The van der Waals surface area contributed by atoms with Crippen molar-refractivity contribution in [2.75, 3.05) is 5.75 Å². The van der Waals surface area contributed by atoms with E-state index in [1.807, 2.05) is 41.9 Å². The molecule has 3 aromatic rings. The number of benzene rings is 1. The Morgan fingerprint density at radius 2 is 1.95 bits per heavy atom. The lowest BCUT2D eigenvalue weighted by molar-refractivity contribution is 0.743. The van der Waals surface area contributed by atoms with Gasteiger partial charge < -0.3 is 4.57 Å². The monoisotopic (exact) mass is 287 g/mol. The molecule has 19 heavy (non-hydrogen) atoms. The van der Waals surface area contributed by atoms with Crippen molar-refractivity contribution < 1.29 is 0 Å². The number of aromatic nitrogens is 1. The third-order valence-corrected chi connectivity index (χ3v) is 4.81. The maximum absolute atomic E-state index is 12.2. The first-order valence-electron chi connectivity index (χ1n) is 6.09. The highest BCUT2D eigenvalue weighted by atomic mass is 32.2. The number of hydrogen-bond acceptors (Lipinski definition) is 3. The van der Waals surface area contributed by atoms with Crippen LogP contribution in [0, 0.1) is 0 Å². The summed E-state index contributed by atoms with van der Waals surface area (Å²) in [6.45, 7) is 0.740. The van der Waals surface area contributed by atoms with Crippen molar-refractivity contribution in [1.82, 2.24) is 4.57 Å². The average Bonchev–Trinajstić information content (AvgIpc) is 2.92. The maximum Gasteiger partial charge on any atom is 0.259 e. The van der Waals surface area contributed by atoms with Crippen molar-refractivity contribution in [2.24, 2.45) is 0 Å². The van der Waals surface area contributed by atoms with Crippen LogP contribution >= 0.6 is 23.1 Å². The van der Waals surface area contributed by atoms with Gasteiger partial charge in [-0.25, -0.2) is 0 Å². The zero-order chi connectivity index (χ0) is 13.1. The second-order valence-corrected chi connectivity index (χ2v) is 6.29. The fourth-order valence-electron chi connectivity index (χ4n) is 1.96. The van der Waals surface area contributed by atoms with Crippen LogP contribution in [0.15, 0.2) is 63.7 Å². The highest BCUT2D eigenvalue weighted by molar-refractivity contribution is 7.99. The lowest BCUT2D eigenvalue weighted by Crippen LogP contribution is -2.19. The van der Waals surface area contributed by atoms with Crippen molar-refractivity contribution in [2.45, 2.75) is 11.4 Å². The number of thiophene rings is 1.